The summed E-state index contributed by atoms with van der Waals surface area (Å²) < 4.78 is 14.7. The summed E-state index contributed by atoms with van der Waals surface area (Å²) >= 11 is 5.76. The van der Waals surface area contributed by atoms with Crippen LogP contribution in [0.5, 0.6) is 0 Å². The molecule has 0 aliphatic rings. The topological polar surface area (TPSA) is 30.7 Å². The molecule has 0 spiro atoms. The number of nitrogens with zero attached hydrogens (tertiary/aromatic N) is 3. The van der Waals surface area contributed by atoms with Gasteiger partial charge in [-0.05, 0) is 36.4 Å². The molecule has 0 saturated carbocycles. The van der Waals surface area contributed by atoms with Crippen molar-refractivity contribution in [3.63, 3.8) is 0 Å². The van der Waals surface area contributed by atoms with E-state index in [2.05, 4.69) is 10.1 Å². The first-order valence-electron chi connectivity index (χ1n) is 5.66. The second-order valence-electron chi connectivity index (χ2n) is 3.96. The Bertz CT molecular complexity index is 710. The molecule has 0 radical (unpaired) electrons. The van der Waals surface area contributed by atoms with Gasteiger partial charge >= 0.3 is 0 Å². The lowest BCUT2D eigenvalue weighted by Gasteiger charge is -2.02. The van der Waals surface area contributed by atoms with E-state index in [-0.39, 0.29) is 5.02 Å². The van der Waals surface area contributed by atoms with Gasteiger partial charge < -0.3 is 0 Å². The fourth-order valence-corrected chi connectivity index (χ4v) is 1.92. The van der Waals surface area contributed by atoms with Crippen molar-refractivity contribution in [1.82, 2.24) is 14.8 Å². The number of pyridine rings is 1. The van der Waals surface area contributed by atoms with Gasteiger partial charge in [-0.3, -0.25) is 4.98 Å². The van der Waals surface area contributed by atoms with Gasteiger partial charge in [0.1, 0.15) is 11.5 Å². The van der Waals surface area contributed by atoms with Crippen molar-refractivity contribution in [1.29, 1.82) is 0 Å². The van der Waals surface area contributed by atoms with E-state index in [9.17, 15) is 4.39 Å². The minimum Gasteiger partial charge on any atom is -0.255 e. The first-order valence-corrected chi connectivity index (χ1v) is 6.04. The second kappa shape index (κ2) is 4.82. The molecule has 0 amide bonds. The van der Waals surface area contributed by atoms with Gasteiger partial charge in [-0.2, -0.15) is 5.10 Å². The molecule has 1 aromatic carbocycles. The summed E-state index contributed by atoms with van der Waals surface area (Å²) in [6.45, 7) is 0. The number of rotatable bonds is 2. The Kier molecular flexibility index (Phi) is 3.01. The average Bonchev–Trinajstić information content (AvgIpc) is 2.93. The molecule has 3 rings (SSSR count). The normalized spacial score (nSPS) is 10.6. The zero-order valence-electron chi connectivity index (χ0n) is 9.79. The van der Waals surface area contributed by atoms with E-state index in [4.69, 9.17) is 11.6 Å². The van der Waals surface area contributed by atoms with Crippen LogP contribution in [-0.4, -0.2) is 14.8 Å². The molecular formula is C14H9ClFN3. The zero-order chi connectivity index (χ0) is 13.2. The summed E-state index contributed by atoms with van der Waals surface area (Å²) in [6, 6.07) is 11.9. The van der Waals surface area contributed by atoms with Gasteiger partial charge in [0.15, 0.2) is 0 Å². The van der Waals surface area contributed by atoms with Gasteiger partial charge in [0.05, 0.1) is 16.4 Å². The Hall–Kier alpha value is -2.20. The van der Waals surface area contributed by atoms with Crippen molar-refractivity contribution in [3.05, 3.63) is 65.7 Å². The molecular weight excluding hydrogens is 265 g/mol. The van der Waals surface area contributed by atoms with Gasteiger partial charge in [-0.1, -0.05) is 17.7 Å². The predicted octanol–water partition coefficient (Wildman–Crippen LogP) is 3.73. The third kappa shape index (κ3) is 2.35. The lowest BCUT2D eigenvalue weighted by Crippen LogP contribution is -1.96. The molecule has 2 heterocycles. The van der Waals surface area contributed by atoms with Crippen LogP contribution in [-0.2, 0) is 0 Å². The number of hydrogen-bond acceptors (Lipinski definition) is 2. The Morgan fingerprint density at radius 3 is 2.68 bits per heavy atom. The van der Waals surface area contributed by atoms with Crippen molar-refractivity contribution in [3.8, 4) is 17.1 Å². The quantitative estimate of drug-likeness (QED) is 0.712. The van der Waals surface area contributed by atoms with Crippen LogP contribution < -0.4 is 0 Å². The molecule has 0 aliphatic carbocycles. The minimum atomic E-state index is -0.442. The molecule has 0 unspecified atom stereocenters. The zero-order valence-corrected chi connectivity index (χ0v) is 10.5. The molecule has 2 aromatic heterocycles. The molecule has 0 fully saturated rings. The van der Waals surface area contributed by atoms with Crippen molar-refractivity contribution < 1.29 is 4.39 Å². The standard InChI is InChI=1S/C14H9ClFN3/c15-11-9-10(4-5-12(11)16)19-8-6-14(18-19)13-3-1-2-7-17-13/h1-9H. The van der Waals surface area contributed by atoms with Gasteiger partial charge in [0.2, 0.25) is 0 Å². The van der Waals surface area contributed by atoms with E-state index in [1.54, 1.807) is 23.1 Å². The van der Waals surface area contributed by atoms with E-state index in [1.807, 2.05) is 24.3 Å². The summed E-state index contributed by atoms with van der Waals surface area (Å²) in [7, 11) is 0. The van der Waals surface area contributed by atoms with E-state index in [0.29, 0.717) is 5.69 Å². The fraction of sp³-hybridized carbons (Fsp3) is 0. The summed E-state index contributed by atoms with van der Waals surface area (Å²) in [5.41, 5.74) is 2.24. The van der Waals surface area contributed by atoms with Gasteiger partial charge in [0.25, 0.3) is 0 Å². The highest BCUT2D eigenvalue weighted by atomic mass is 35.5. The lowest BCUT2D eigenvalue weighted by molar-refractivity contribution is 0.627. The molecule has 94 valence electrons. The van der Waals surface area contributed by atoms with Crippen LogP contribution in [0.15, 0.2) is 54.9 Å². The number of halogens is 2. The summed E-state index contributed by atoms with van der Waals surface area (Å²) in [5.74, 6) is -0.442. The second-order valence-corrected chi connectivity index (χ2v) is 4.37. The molecule has 3 nitrogen and oxygen atoms in total. The molecule has 0 atom stereocenters. The van der Waals surface area contributed by atoms with Crippen LogP contribution >= 0.6 is 11.6 Å². The molecule has 0 N–H and O–H groups in total. The molecule has 5 heteroatoms. The molecule has 0 saturated heterocycles. The van der Waals surface area contributed by atoms with E-state index < -0.39 is 5.82 Å². The minimum absolute atomic E-state index is 0.0763. The first-order chi connectivity index (χ1) is 9.24. The van der Waals surface area contributed by atoms with Gasteiger partial charge in [-0.15, -0.1) is 0 Å². The third-order valence-corrected chi connectivity index (χ3v) is 2.97. The summed E-state index contributed by atoms with van der Waals surface area (Å²) in [6.07, 6.45) is 3.50. The van der Waals surface area contributed by atoms with Crippen molar-refractivity contribution in [2.24, 2.45) is 0 Å². The first kappa shape index (κ1) is 11.9. The maximum absolute atomic E-state index is 13.1. The molecule has 0 bridgehead atoms. The number of hydrogen-bond donors (Lipinski definition) is 0. The largest absolute Gasteiger partial charge is 0.255 e. The molecule has 0 aliphatic heterocycles. The Morgan fingerprint density at radius 2 is 1.95 bits per heavy atom. The number of aromatic nitrogens is 3. The highest BCUT2D eigenvalue weighted by Gasteiger charge is 2.06. The van der Waals surface area contributed by atoms with Crippen LogP contribution in [0.25, 0.3) is 17.1 Å². The lowest BCUT2D eigenvalue weighted by atomic mass is 10.3. The Morgan fingerprint density at radius 1 is 1.05 bits per heavy atom. The predicted molar refractivity (Wildman–Crippen MR) is 71.8 cm³/mol. The third-order valence-electron chi connectivity index (χ3n) is 2.68. The van der Waals surface area contributed by atoms with E-state index in [1.165, 1.54) is 12.1 Å². The van der Waals surface area contributed by atoms with E-state index >= 15 is 0 Å². The summed E-state index contributed by atoms with van der Waals surface area (Å²) in [4.78, 5) is 4.23. The van der Waals surface area contributed by atoms with Crippen molar-refractivity contribution in [2.45, 2.75) is 0 Å². The SMILES string of the molecule is Fc1ccc(-n2ccc(-c3ccccn3)n2)cc1Cl. The molecule has 3 aromatic rings. The number of benzene rings is 1. The van der Waals surface area contributed by atoms with Crippen LogP contribution in [0.2, 0.25) is 5.02 Å². The Balaban J connectivity index is 1.99. The highest BCUT2D eigenvalue weighted by molar-refractivity contribution is 6.30. The Labute approximate surface area is 114 Å². The average molecular weight is 274 g/mol. The van der Waals surface area contributed by atoms with Crippen LogP contribution in [0.4, 0.5) is 4.39 Å². The molecule has 19 heavy (non-hydrogen) atoms. The maximum atomic E-state index is 13.1. The van der Waals surface area contributed by atoms with Crippen molar-refractivity contribution in [2.75, 3.05) is 0 Å². The monoisotopic (exact) mass is 273 g/mol. The van der Waals surface area contributed by atoms with E-state index in [0.717, 1.165) is 11.4 Å². The maximum Gasteiger partial charge on any atom is 0.141 e. The van der Waals surface area contributed by atoms with Crippen molar-refractivity contribution >= 4 is 11.6 Å². The smallest absolute Gasteiger partial charge is 0.141 e. The van der Waals surface area contributed by atoms with Crippen LogP contribution in [0.1, 0.15) is 0 Å². The highest BCUT2D eigenvalue weighted by Crippen LogP contribution is 2.20. The fourth-order valence-electron chi connectivity index (χ4n) is 1.75. The van der Waals surface area contributed by atoms with Gasteiger partial charge in [-0.25, -0.2) is 9.07 Å². The van der Waals surface area contributed by atoms with Crippen LogP contribution in [0, 0.1) is 5.82 Å². The van der Waals surface area contributed by atoms with Gasteiger partial charge in [0, 0.05) is 12.4 Å². The summed E-state index contributed by atoms with van der Waals surface area (Å²) in [5, 5.41) is 4.47. The van der Waals surface area contributed by atoms with Crippen LogP contribution in [0.3, 0.4) is 0 Å².